The average Bonchev–Trinajstić information content (AvgIpc) is 2.27. The minimum absolute atomic E-state index is 0.577. The van der Waals surface area contributed by atoms with Crippen molar-refractivity contribution in [3.63, 3.8) is 0 Å². The van der Waals surface area contributed by atoms with Gasteiger partial charge in [-0.1, -0.05) is 35.9 Å². The summed E-state index contributed by atoms with van der Waals surface area (Å²) < 4.78 is 0. The van der Waals surface area contributed by atoms with Crippen LogP contribution in [0.2, 0.25) is 0 Å². The zero-order valence-corrected chi connectivity index (χ0v) is 9.07. The maximum Gasteiger partial charge on any atom is 0.120 e. The number of allylic oxidation sites excluding steroid dienone is 1. The van der Waals surface area contributed by atoms with Gasteiger partial charge in [-0.25, -0.2) is 0 Å². The zero-order chi connectivity index (χ0) is 11.1. The number of benzene rings is 1. The molecule has 0 bridgehead atoms. The SMILES string of the molecule is C/C(=C/c1ccc(CN)cc1)CCC=O. The summed E-state index contributed by atoms with van der Waals surface area (Å²) >= 11 is 0. The molecule has 0 saturated carbocycles. The van der Waals surface area contributed by atoms with Gasteiger partial charge in [0.15, 0.2) is 0 Å². The van der Waals surface area contributed by atoms with Crippen LogP contribution in [0, 0.1) is 0 Å². The number of rotatable bonds is 5. The predicted octanol–water partition coefficient (Wildman–Crippen LogP) is 2.53. The molecule has 1 aromatic rings. The summed E-state index contributed by atoms with van der Waals surface area (Å²) in [6, 6.07) is 8.15. The smallest absolute Gasteiger partial charge is 0.120 e. The number of carbonyl (C=O) groups is 1. The Hall–Kier alpha value is -1.41. The van der Waals surface area contributed by atoms with E-state index in [1.165, 1.54) is 5.57 Å². The fraction of sp³-hybridized carbons (Fsp3) is 0.308. The molecule has 15 heavy (non-hydrogen) atoms. The third-order valence-corrected chi connectivity index (χ3v) is 2.29. The molecule has 0 aromatic heterocycles. The maximum atomic E-state index is 10.2. The van der Waals surface area contributed by atoms with Crippen LogP contribution in [0.3, 0.4) is 0 Å². The molecule has 0 radical (unpaired) electrons. The van der Waals surface area contributed by atoms with Crippen LogP contribution in [0.4, 0.5) is 0 Å². The van der Waals surface area contributed by atoms with Gasteiger partial charge in [-0.2, -0.15) is 0 Å². The highest BCUT2D eigenvalue weighted by molar-refractivity contribution is 5.55. The Labute approximate surface area is 90.8 Å². The van der Waals surface area contributed by atoms with E-state index in [2.05, 4.69) is 6.08 Å². The van der Waals surface area contributed by atoms with Gasteiger partial charge in [-0.3, -0.25) is 0 Å². The van der Waals surface area contributed by atoms with Crippen molar-refractivity contribution in [1.29, 1.82) is 0 Å². The Morgan fingerprint density at radius 2 is 2.00 bits per heavy atom. The molecule has 1 rings (SSSR count). The van der Waals surface area contributed by atoms with E-state index in [0.29, 0.717) is 13.0 Å². The van der Waals surface area contributed by atoms with Crippen LogP contribution in [-0.2, 0) is 11.3 Å². The van der Waals surface area contributed by atoms with Crippen molar-refractivity contribution >= 4 is 12.4 Å². The number of hydrogen-bond acceptors (Lipinski definition) is 2. The maximum absolute atomic E-state index is 10.2. The Morgan fingerprint density at radius 1 is 1.33 bits per heavy atom. The zero-order valence-electron chi connectivity index (χ0n) is 9.07. The summed E-state index contributed by atoms with van der Waals surface area (Å²) in [4.78, 5) is 10.2. The second-order valence-electron chi connectivity index (χ2n) is 3.64. The molecule has 80 valence electrons. The molecule has 0 aliphatic carbocycles. The van der Waals surface area contributed by atoms with Crippen LogP contribution in [0.25, 0.3) is 6.08 Å². The third-order valence-electron chi connectivity index (χ3n) is 2.29. The lowest BCUT2D eigenvalue weighted by Crippen LogP contribution is -1.95. The monoisotopic (exact) mass is 203 g/mol. The molecule has 0 atom stereocenters. The fourth-order valence-corrected chi connectivity index (χ4v) is 1.39. The molecule has 2 heteroatoms. The van der Waals surface area contributed by atoms with Crippen molar-refractivity contribution in [1.82, 2.24) is 0 Å². The van der Waals surface area contributed by atoms with E-state index in [9.17, 15) is 4.79 Å². The quantitative estimate of drug-likeness (QED) is 0.747. The van der Waals surface area contributed by atoms with Crippen molar-refractivity contribution < 1.29 is 4.79 Å². The molecule has 0 spiro atoms. The molecular weight excluding hydrogens is 186 g/mol. The molecule has 0 heterocycles. The minimum atomic E-state index is 0.577. The van der Waals surface area contributed by atoms with Crippen LogP contribution >= 0.6 is 0 Å². The van der Waals surface area contributed by atoms with E-state index in [4.69, 9.17) is 5.73 Å². The Bertz CT molecular complexity index is 338. The summed E-state index contributed by atoms with van der Waals surface area (Å²) in [5.74, 6) is 0. The Morgan fingerprint density at radius 3 is 2.53 bits per heavy atom. The summed E-state index contributed by atoms with van der Waals surface area (Å²) in [5.41, 5.74) is 9.04. The second-order valence-corrected chi connectivity index (χ2v) is 3.64. The van der Waals surface area contributed by atoms with Crippen molar-refractivity contribution in [2.75, 3.05) is 0 Å². The fourth-order valence-electron chi connectivity index (χ4n) is 1.39. The van der Waals surface area contributed by atoms with Gasteiger partial charge in [0.1, 0.15) is 6.29 Å². The van der Waals surface area contributed by atoms with E-state index in [1.807, 2.05) is 31.2 Å². The van der Waals surface area contributed by atoms with Gasteiger partial charge in [0, 0.05) is 13.0 Å². The largest absolute Gasteiger partial charge is 0.326 e. The third kappa shape index (κ3) is 4.09. The topological polar surface area (TPSA) is 43.1 Å². The lowest BCUT2D eigenvalue weighted by Gasteiger charge is -2.00. The standard InChI is InChI=1S/C13H17NO/c1-11(3-2-8-15)9-12-4-6-13(10-14)7-5-12/h4-9H,2-3,10,14H2,1H3/b11-9-. The first-order valence-corrected chi connectivity index (χ1v) is 5.16. The highest BCUT2D eigenvalue weighted by Gasteiger charge is 1.93. The van der Waals surface area contributed by atoms with Crippen molar-refractivity contribution in [3.05, 3.63) is 41.0 Å². The first-order valence-electron chi connectivity index (χ1n) is 5.16. The van der Waals surface area contributed by atoms with E-state index in [0.717, 1.165) is 23.8 Å². The van der Waals surface area contributed by atoms with E-state index in [-0.39, 0.29) is 0 Å². The van der Waals surface area contributed by atoms with E-state index in [1.54, 1.807) is 0 Å². The molecule has 2 N–H and O–H groups in total. The molecule has 0 aliphatic rings. The van der Waals surface area contributed by atoms with Crippen LogP contribution in [0.1, 0.15) is 30.9 Å². The van der Waals surface area contributed by atoms with Gasteiger partial charge in [0.25, 0.3) is 0 Å². The lowest BCUT2D eigenvalue weighted by molar-refractivity contribution is -0.107. The second kappa shape index (κ2) is 6.14. The van der Waals surface area contributed by atoms with Gasteiger partial charge in [0.2, 0.25) is 0 Å². The van der Waals surface area contributed by atoms with Gasteiger partial charge >= 0.3 is 0 Å². The molecular formula is C13H17NO. The van der Waals surface area contributed by atoms with E-state index >= 15 is 0 Å². The van der Waals surface area contributed by atoms with Gasteiger partial charge < -0.3 is 10.5 Å². The van der Waals surface area contributed by atoms with E-state index < -0.39 is 0 Å². The summed E-state index contributed by atoms with van der Waals surface area (Å²) in [6.45, 7) is 2.62. The predicted molar refractivity (Wildman–Crippen MR) is 63.3 cm³/mol. The number of carbonyl (C=O) groups excluding carboxylic acids is 1. The molecule has 0 aliphatic heterocycles. The highest BCUT2D eigenvalue weighted by Crippen LogP contribution is 2.11. The Kier molecular flexibility index (Phi) is 4.78. The van der Waals surface area contributed by atoms with Crippen LogP contribution in [0.5, 0.6) is 0 Å². The van der Waals surface area contributed by atoms with Crippen molar-refractivity contribution in [2.24, 2.45) is 5.73 Å². The normalized spacial score (nSPS) is 11.5. The number of nitrogens with two attached hydrogens (primary N) is 1. The van der Waals surface area contributed by atoms with Crippen LogP contribution < -0.4 is 5.73 Å². The lowest BCUT2D eigenvalue weighted by atomic mass is 10.1. The summed E-state index contributed by atoms with van der Waals surface area (Å²) in [6.07, 6.45) is 4.49. The molecule has 1 aromatic carbocycles. The number of hydrogen-bond donors (Lipinski definition) is 1. The molecule has 0 fully saturated rings. The number of aldehydes is 1. The minimum Gasteiger partial charge on any atom is -0.326 e. The first kappa shape index (κ1) is 11.7. The van der Waals surface area contributed by atoms with Crippen LogP contribution in [0.15, 0.2) is 29.8 Å². The first-order chi connectivity index (χ1) is 7.26. The molecule has 2 nitrogen and oxygen atoms in total. The van der Waals surface area contributed by atoms with Gasteiger partial charge in [-0.05, 0) is 24.5 Å². The highest BCUT2D eigenvalue weighted by atomic mass is 16.1. The van der Waals surface area contributed by atoms with Gasteiger partial charge in [0.05, 0.1) is 0 Å². The molecule has 0 saturated heterocycles. The van der Waals surface area contributed by atoms with Crippen molar-refractivity contribution in [2.45, 2.75) is 26.3 Å². The Balaban J connectivity index is 2.66. The average molecular weight is 203 g/mol. The summed E-state index contributed by atoms with van der Waals surface area (Å²) in [7, 11) is 0. The molecule has 0 unspecified atom stereocenters. The van der Waals surface area contributed by atoms with Crippen molar-refractivity contribution in [3.8, 4) is 0 Å². The molecule has 0 amide bonds. The van der Waals surface area contributed by atoms with Crippen LogP contribution in [-0.4, -0.2) is 6.29 Å². The van der Waals surface area contributed by atoms with Gasteiger partial charge in [-0.15, -0.1) is 0 Å². The summed E-state index contributed by atoms with van der Waals surface area (Å²) in [5, 5.41) is 0.